The highest BCUT2D eigenvalue weighted by atomic mass is 19.1. The Hall–Kier alpha value is -2.47. The van der Waals surface area contributed by atoms with Gasteiger partial charge in [0.15, 0.2) is 0 Å². The molecule has 1 heterocycles. The maximum atomic E-state index is 13.3. The Kier molecular flexibility index (Phi) is 6.09. The first-order valence-electron chi connectivity index (χ1n) is 8.23. The minimum absolute atomic E-state index is 0.210. The molecule has 1 aromatic heterocycles. The standard InChI is InChI=1S/C19H24FN3O2/c1-4-23(13-19(2,3)25)18(24)22-17(15-9-11-21-12-10-15)14-5-7-16(20)8-6-14/h5-12,17,25H,4,13H2,1-3H3,(H,22,24)/t17-/m1/s1. The second-order valence-corrected chi connectivity index (χ2v) is 6.54. The van der Waals surface area contributed by atoms with Gasteiger partial charge in [-0.05, 0) is 56.2 Å². The number of hydrogen-bond acceptors (Lipinski definition) is 3. The molecule has 25 heavy (non-hydrogen) atoms. The number of aromatic nitrogens is 1. The molecule has 134 valence electrons. The summed E-state index contributed by atoms with van der Waals surface area (Å²) in [6.07, 6.45) is 3.29. The lowest BCUT2D eigenvalue weighted by Gasteiger charge is -2.30. The van der Waals surface area contributed by atoms with E-state index in [-0.39, 0.29) is 18.4 Å². The van der Waals surface area contributed by atoms with Crippen LogP contribution in [-0.2, 0) is 0 Å². The van der Waals surface area contributed by atoms with Crippen LogP contribution in [0.15, 0.2) is 48.8 Å². The van der Waals surface area contributed by atoms with Gasteiger partial charge in [-0.15, -0.1) is 0 Å². The normalized spacial score (nSPS) is 12.5. The molecular formula is C19H24FN3O2. The van der Waals surface area contributed by atoms with Gasteiger partial charge in [0.2, 0.25) is 0 Å². The maximum absolute atomic E-state index is 13.3. The van der Waals surface area contributed by atoms with Crippen LogP contribution in [0.1, 0.15) is 37.9 Å². The molecule has 0 bridgehead atoms. The number of nitrogens with one attached hydrogen (secondary N) is 1. The van der Waals surface area contributed by atoms with E-state index in [2.05, 4.69) is 10.3 Å². The number of aliphatic hydroxyl groups is 1. The second kappa shape index (κ2) is 8.07. The van der Waals surface area contributed by atoms with E-state index in [1.54, 1.807) is 50.5 Å². The average molecular weight is 345 g/mol. The van der Waals surface area contributed by atoms with Gasteiger partial charge in [-0.3, -0.25) is 4.98 Å². The van der Waals surface area contributed by atoms with Gasteiger partial charge in [0.25, 0.3) is 0 Å². The van der Waals surface area contributed by atoms with Crippen molar-refractivity contribution in [3.63, 3.8) is 0 Å². The number of hydrogen-bond donors (Lipinski definition) is 2. The number of likely N-dealkylation sites (N-methyl/N-ethyl adjacent to an activating group) is 1. The fourth-order valence-electron chi connectivity index (χ4n) is 2.58. The summed E-state index contributed by atoms with van der Waals surface area (Å²) in [5, 5.41) is 13.0. The molecule has 0 saturated carbocycles. The summed E-state index contributed by atoms with van der Waals surface area (Å²) in [6.45, 7) is 5.83. The molecule has 0 fully saturated rings. The predicted octanol–water partition coefficient (Wildman–Crippen LogP) is 3.11. The third-order valence-corrected chi connectivity index (χ3v) is 3.76. The number of pyridine rings is 1. The summed E-state index contributed by atoms with van der Waals surface area (Å²) in [7, 11) is 0. The summed E-state index contributed by atoms with van der Waals surface area (Å²) in [5.74, 6) is -0.333. The number of rotatable bonds is 6. The Balaban J connectivity index is 2.27. The second-order valence-electron chi connectivity index (χ2n) is 6.54. The first-order valence-corrected chi connectivity index (χ1v) is 8.23. The molecule has 1 atom stereocenters. The van der Waals surface area contributed by atoms with Crippen molar-refractivity contribution in [3.05, 3.63) is 65.7 Å². The van der Waals surface area contributed by atoms with Crippen molar-refractivity contribution >= 4 is 6.03 Å². The molecule has 0 unspecified atom stereocenters. The number of benzene rings is 1. The highest BCUT2D eigenvalue weighted by Gasteiger charge is 2.24. The molecule has 5 nitrogen and oxygen atoms in total. The topological polar surface area (TPSA) is 65.5 Å². The lowest BCUT2D eigenvalue weighted by molar-refractivity contribution is 0.0477. The molecule has 0 aliphatic heterocycles. The lowest BCUT2D eigenvalue weighted by atomic mass is 9.99. The van der Waals surface area contributed by atoms with Gasteiger partial charge in [-0.1, -0.05) is 12.1 Å². The van der Waals surface area contributed by atoms with E-state index in [0.717, 1.165) is 11.1 Å². The summed E-state index contributed by atoms with van der Waals surface area (Å²) in [4.78, 5) is 18.2. The van der Waals surface area contributed by atoms with Crippen molar-refractivity contribution in [1.29, 1.82) is 0 Å². The summed E-state index contributed by atoms with van der Waals surface area (Å²) in [6, 6.07) is 8.90. The summed E-state index contributed by atoms with van der Waals surface area (Å²) in [5.41, 5.74) is 0.615. The number of urea groups is 1. The van der Waals surface area contributed by atoms with Gasteiger partial charge < -0.3 is 15.3 Å². The fourth-order valence-corrected chi connectivity index (χ4v) is 2.58. The van der Waals surface area contributed by atoms with Crippen LogP contribution in [0.5, 0.6) is 0 Å². The van der Waals surface area contributed by atoms with Gasteiger partial charge in [-0.2, -0.15) is 0 Å². The van der Waals surface area contributed by atoms with E-state index >= 15 is 0 Å². The van der Waals surface area contributed by atoms with Crippen molar-refractivity contribution < 1.29 is 14.3 Å². The molecular weight excluding hydrogens is 321 g/mol. The van der Waals surface area contributed by atoms with Gasteiger partial charge in [0.1, 0.15) is 5.82 Å². The summed E-state index contributed by atoms with van der Waals surface area (Å²) >= 11 is 0. The fraction of sp³-hybridized carbons (Fsp3) is 0.368. The van der Waals surface area contributed by atoms with Crippen LogP contribution in [0, 0.1) is 5.82 Å². The third kappa shape index (κ3) is 5.53. The average Bonchev–Trinajstić information content (AvgIpc) is 2.58. The molecule has 0 saturated heterocycles. The Morgan fingerprint density at radius 3 is 2.28 bits per heavy atom. The molecule has 2 amide bonds. The first kappa shape index (κ1) is 18.9. The summed E-state index contributed by atoms with van der Waals surface area (Å²) < 4.78 is 13.3. The highest BCUT2D eigenvalue weighted by Crippen LogP contribution is 2.22. The molecule has 2 rings (SSSR count). The first-order chi connectivity index (χ1) is 11.8. The zero-order valence-corrected chi connectivity index (χ0v) is 14.7. The number of halogens is 1. The quantitative estimate of drug-likeness (QED) is 0.845. The number of carbonyl (C=O) groups excluding carboxylic acids is 1. The van der Waals surface area contributed by atoms with Crippen molar-refractivity contribution in [2.24, 2.45) is 0 Å². The van der Waals surface area contributed by atoms with Gasteiger partial charge >= 0.3 is 6.03 Å². The van der Waals surface area contributed by atoms with Crippen LogP contribution in [0.25, 0.3) is 0 Å². The number of nitrogens with zero attached hydrogens (tertiary/aromatic N) is 2. The van der Waals surface area contributed by atoms with Crippen molar-refractivity contribution in [2.45, 2.75) is 32.4 Å². The van der Waals surface area contributed by atoms with E-state index in [1.165, 1.54) is 17.0 Å². The Morgan fingerprint density at radius 2 is 1.76 bits per heavy atom. The van der Waals surface area contributed by atoms with Crippen molar-refractivity contribution in [3.8, 4) is 0 Å². The van der Waals surface area contributed by atoms with Crippen LogP contribution in [0.2, 0.25) is 0 Å². The number of amides is 2. The van der Waals surface area contributed by atoms with Crippen LogP contribution in [0.3, 0.4) is 0 Å². The minimum Gasteiger partial charge on any atom is -0.389 e. The van der Waals surface area contributed by atoms with Gasteiger partial charge in [-0.25, -0.2) is 9.18 Å². The van der Waals surface area contributed by atoms with Crippen LogP contribution in [-0.4, -0.2) is 39.7 Å². The van der Waals surface area contributed by atoms with Crippen LogP contribution < -0.4 is 5.32 Å². The molecule has 0 radical (unpaired) electrons. The maximum Gasteiger partial charge on any atom is 0.318 e. The van der Waals surface area contributed by atoms with E-state index in [4.69, 9.17) is 0 Å². The van der Waals surface area contributed by atoms with Crippen LogP contribution in [0.4, 0.5) is 9.18 Å². The Labute approximate surface area is 147 Å². The number of carbonyl (C=O) groups is 1. The smallest absolute Gasteiger partial charge is 0.318 e. The monoisotopic (exact) mass is 345 g/mol. The van der Waals surface area contributed by atoms with Gasteiger partial charge in [0.05, 0.1) is 18.2 Å². The molecule has 0 spiro atoms. The SMILES string of the molecule is CCN(CC(C)(C)O)C(=O)N[C@@H](c1ccncc1)c1ccc(F)cc1. The van der Waals surface area contributed by atoms with Gasteiger partial charge in [0, 0.05) is 18.9 Å². The third-order valence-electron chi connectivity index (χ3n) is 3.76. The van der Waals surface area contributed by atoms with E-state index in [9.17, 15) is 14.3 Å². The molecule has 0 aliphatic carbocycles. The molecule has 6 heteroatoms. The molecule has 1 aromatic carbocycles. The lowest BCUT2D eigenvalue weighted by Crippen LogP contribution is -2.47. The molecule has 2 aromatic rings. The highest BCUT2D eigenvalue weighted by molar-refractivity contribution is 5.75. The van der Waals surface area contributed by atoms with Crippen LogP contribution >= 0.6 is 0 Å². The van der Waals surface area contributed by atoms with E-state index < -0.39 is 11.6 Å². The van der Waals surface area contributed by atoms with Crippen molar-refractivity contribution in [2.75, 3.05) is 13.1 Å². The van der Waals surface area contributed by atoms with E-state index in [1.807, 2.05) is 6.92 Å². The van der Waals surface area contributed by atoms with Crippen molar-refractivity contribution in [1.82, 2.24) is 15.2 Å². The zero-order valence-electron chi connectivity index (χ0n) is 14.7. The largest absolute Gasteiger partial charge is 0.389 e. The minimum atomic E-state index is -0.991. The Morgan fingerprint density at radius 1 is 1.20 bits per heavy atom. The molecule has 0 aliphatic rings. The Bertz CT molecular complexity index is 684. The van der Waals surface area contributed by atoms with E-state index in [0.29, 0.717) is 6.54 Å². The molecule has 2 N–H and O–H groups in total. The predicted molar refractivity (Wildman–Crippen MR) is 94.6 cm³/mol. The zero-order chi connectivity index (χ0) is 18.4.